The molecule has 0 bridgehead atoms. The van der Waals surface area contributed by atoms with Gasteiger partial charge in [0.15, 0.2) is 0 Å². The highest BCUT2D eigenvalue weighted by Gasteiger charge is 2.19. The minimum atomic E-state index is -1.14. The molecule has 92 valence electrons. The third-order valence-corrected chi connectivity index (χ3v) is 2.39. The molecule has 0 atom stereocenters. The summed E-state index contributed by atoms with van der Waals surface area (Å²) >= 11 is 0. The average molecular weight is 253 g/mol. The highest BCUT2D eigenvalue weighted by Crippen LogP contribution is 2.28. The Morgan fingerprint density at radius 2 is 1.56 bits per heavy atom. The Hall–Kier alpha value is -2.37. The van der Waals surface area contributed by atoms with Gasteiger partial charge in [-0.05, 0) is 23.8 Å². The third-order valence-electron chi connectivity index (χ3n) is 2.39. The Kier molecular flexibility index (Phi) is 3.01. The van der Waals surface area contributed by atoms with Crippen LogP contribution in [0.3, 0.4) is 0 Å². The van der Waals surface area contributed by atoms with Crippen LogP contribution >= 0.6 is 0 Å². The Labute approximate surface area is 99.6 Å². The number of nitro benzene ring substituents is 1. The molecule has 0 heterocycles. The molecule has 2 aromatic carbocycles. The van der Waals surface area contributed by atoms with Crippen molar-refractivity contribution in [3.63, 3.8) is 0 Å². The van der Waals surface area contributed by atoms with Crippen LogP contribution in [0.5, 0.6) is 0 Å². The Morgan fingerprint density at radius 1 is 0.944 bits per heavy atom. The van der Waals surface area contributed by atoms with Gasteiger partial charge in [0.05, 0.1) is 11.0 Å². The zero-order chi connectivity index (χ0) is 13.3. The van der Waals surface area contributed by atoms with E-state index in [2.05, 4.69) is 0 Å². The van der Waals surface area contributed by atoms with Crippen LogP contribution in [0, 0.1) is 27.6 Å². The first-order valence-electron chi connectivity index (χ1n) is 4.88. The van der Waals surface area contributed by atoms with E-state index in [4.69, 9.17) is 0 Å². The molecule has 0 unspecified atom stereocenters. The van der Waals surface area contributed by atoms with Gasteiger partial charge >= 0.3 is 5.69 Å². The normalized spacial score (nSPS) is 10.4. The van der Waals surface area contributed by atoms with Crippen LogP contribution in [-0.2, 0) is 0 Å². The van der Waals surface area contributed by atoms with E-state index >= 15 is 0 Å². The topological polar surface area (TPSA) is 43.1 Å². The summed E-state index contributed by atoms with van der Waals surface area (Å²) in [5.74, 6) is -2.59. The lowest BCUT2D eigenvalue weighted by Gasteiger charge is -2.04. The highest BCUT2D eigenvalue weighted by atomic mass is 19.1. The van der Waals surface area contributed by atoms with E-state index in [9.17, 15) is 23.3 Å². The molecule has 6 heteroatoms. The second-order valence-corrected chi connectivity index (χ2v) is 3.55. The van der Waals surface area contributed by atoms with Crippen LogP contribution in [0.4, 0.5) is 18.9 Å². The SMILES string of the molecule is O=[N+]([O-])c1cc(F)c(-c2ccc(F)cc2)cc1F. The van der Waals surface area contributed by atoms with Crippen molar-refractivity contribution in [3.8, 4) is 11.1 Å². The van der Waals surface area contributed by atoms with Gasteiger partial charge in [0, 0.05) is 5.56 Å². The Bertz CT molecular complexity index is 611. The van der Waals surface area contributed by atoms with Gasteiger partial charge in [0.25, 0.3) is 0 Å². The zero-order valence-electron chi connectivity index (χ0n) is 8.86. The van der Waals surface area contributed by atoms with Crippen molar-refractivity contribution in [1.29, 1.82) is 0 Å². The van der Waals surface area contributed by atoms with Crippen LogP contribution in [0.15, 0.2) is 36.4 Å². The fraction of sp³-hybridized carbons (Fsp3) is 0. The number of nitrogens with zero attached hydrogens (tertiary/aromatic N) is 1. The number of halogens is 3. The number of nitro groups is 1. The molecule has 0 aliphatic rings. The molecule has 0 aromatic heterocycles. The van der Waals surface area contributed by atoms with Gasteiger partial charge in [0.2, 0.25) is 5.82 Å². The second-order valence-electron chi connectivity index (χ2n) is 3.55. The molecule has 0 spiro atoms. The summed E-state index contributed by atoms with van der Waals surface area (Å²) in [6, 6.07) is 5.94. The number of hydrogen-bond donors (Lipinski definition) is 0. The molecule has 0 radical (unpaired) electrons. The van der Waals surface area contributed by atoms with E-state index in [-0.39, 0.29) is 11.1 Å². The van der Waals surface area contributed by atoms with Gasteiger partial charge < -0.3 is 0 Å². The summed E-state index contributed by atoms with van der Waals surface area (Å²) in [5, 5.41) is 10.4. The molecule has 0 fully saturated rings. The van der Waals surface area contributed by atoms with E-state index in [0.29, 0.717) is 6.07 Å². The van der Waals surface area contributed by atoms with Crippen molar-refractivity contribution in [2.24, 2.45) is 0 Å². The molecule has 0 amide bonds. The van der Waals surface area contributed by atoms with Crippen LogP contribution in [0.2, 0.25) is 0 Å². The molecule has 18 heavy (non-hydrogen) atoms. The lowest BCUT2D eigenvalue weighted by Crippen LogP contribution is -1.96. The zero-order valence-corrected chi connectivity index (χ0v) is 8.86. The number of hydrogen-bond acceptors (Lipinski definition) is 2. The number of rotatable bonds is 2. The molecular weight excluding hydrogens is 247 g/mol. The maximum atomic E-state index is 13.6. The predicted octanol–water partition coefficient (Wildman–Crippen LogP) is 3.68. The quantitative estimate of drug-likeness (QED) is 0.605. The van der Waals surface area contributed by atoms with E-state index < -0.39 is 28.1 Å². The standard InChI is InChI=1S/C12H6F3NO2/c13-8-3-1-7(2-4-8)9-5-11(15)12(16(17)18)6-10(9)14/h1-6H. The second kappa shape index (κ2) is 4.48. The minimum absolute atomic E-state index is 0.155. The van der Waals surface area contributed by atoms with Gasteiger partial charge in [-0.1, -0.05) is 12.1 Å². The van der Waals surface area contributed by atoms with Gasteiger partial charge in [0.1, 0.15) is 11.6 Å². The first kappa shape index (κ1) is 12.1. The predicted molar refractivity (Wildman–Crippen MR) is 58.4 cm³/mol. The van der Waals surface area contributed by atoms with Crippen molar-refractivity contribution >= 4 is 5.69 Å². The maximum absolute atomic E-state index is 13.6. The summed E-state index contributed by atoms with van der Waals surface area (Å²) in [5.41, 5.74) is -0.848. The maximum Gasteiger partial charge on any atom is 0.307 e. The van der Waals surface area contributed by atoms with Crippen LogP contribution in [0.25, 0.3) is 11.1 Å². The summed E-state index contributed by atoms with van der Waals surface area (Å²) in [6.45, 7) is 0. The van der Waals surface area contributed by atoms with Crippen molar-refractivity contribution in [2.45, 2.75) is 0 Å². The molecular formula is C12H6F3NO2. The highest BCUT2D eigenvalue weighted by molar-refractivity contribution is 5.65. The first-order valence-corrected chi connectivity index (χ1v) is 4.88. The summed E-state index contributed by atoms with van der Waals surface area (Å²) in [6.07, 6.45) is 0. The largest absolute Gasteiger partial charge is 0.307 e. The van der Waals surface area contributed by atoms with Crippen molar-refractivity contribution in [3.05, 3.63) is 64.0 Å². The smallest absolute Gasteiger partial charge is 0.258 e. The number of benzene rings is 2. The monoisotopic (exact) mass is 253 g/mol. The lowest BCUT2D eigenvalue weighted by atomic mass is 10.0. The lowest BCUT2D eigenvalue weighted by molar-refractivity contribution is -0.387. The molecule has 0 N–H and O–H groups in total. The average Bonchev–Trinajstić information content (AvgIpc) is 2.32. The Balaban J connectivity index is 2.56. The summed E-state index contributed by atoms with van der Waals surface area (Å²) < 4.78 is 39.7. The van der Waals surface area contributed by atoms with Crippen LogP contribution < -0.4 is 0 Å². The van der Waals surface area contributed by atoms with Gasteiger partial charge in [-0.25, -0.2) is 8.78 Å². The molecule has 0 aliphatic carbocycles. The third kappa shape index (κ3) is 2.17. The molecule has 2 aromatic rings. The van der Waals surface area contributed by atoms with Crippen molar-refractivity contribution in [1.82, 2.24) is 0 Å². The summed E-state index contributed by atoms with van der Waals surface area (Å²) in [4.78, 5) is 9.41. The van der Waals surface area contributed by atoms with Crippen LogP contribution in [-0.4, -0.2) is 4.92 Å². The van der Waals surface area contributed by atoms with Gasteiger partial charge in [-0.3, -0.25) is 10.1 Å². The van der Waals surface area contributed by atoms with Crippen molar-refractivity contribution < 1.29 is 18.1 Å². The van der Waals surface area contributed by atoms with E-state index in [1.807, 2.05) is 0 Å². The fourth-order valence-electron chi connectivity index (χ4n) is 1.53. The van der Waals surface area contributed by atoms with E-state index in [1.54, 1.807) is 0 Å². The molecule has 2 rings (SSSR count). The molecule has 0 aliphatic heterocycles. The van der Waals surface area contributed by atoms with E-state index in [0.717, 1.165) is 18.2 Å². The molecule has 0 saturated heterocycles. The Morgan fingerprint density at radius 3 is 2.11 bits per heavy atom. The first-order chi connectivity index (χ1) is 8.49. The minimum Gasteiger partial charge on any atom is -0.258 e. The van der Waals surface area contributed by atoms with Crippen LogP contribution in [0.1, 0.15) is 0 Å². The molecule has 3 nitrogen and oxygen atoms in total. The van der Waals surface area contributed by atoms with E-state index in [1.165, 1.54) is 12.1 Å². The summed E-state index contributed by atoms with van der Waals surface area (Å²) in [7, 11) is 0. The van der Waals surface area contributed by atoms with Gasteiger partial charge in [-0.2, -0.15) is 4.39 Å². The fourth-order valence-corrected chi connectivity index (χ4v) is 1.53. The van der Waals surface area contributed by atoms with Crippen molar-refractivity contribution in [2.75, 3.05) is 0 Å². The molecule has 0 saturated carbocycles. The van der Waals surface area contributed by atoms with Gasteiger partial charge in [-0.15, -0.1) is 0 Å².